The Labute approximate surface area is 198 Å². The second-order valence-electron chi connectivity index (χ2n) is 7.93. The van der Waals surface area contributed by atoms with Crippen molar-refractivity contribution >= 4 is 23.5 Å². The zero-order chi connectivity index (χ0) is 24.1. The summed E-state index contributed by atoms with van der Waals surface area (Å²) in [6.07, 6.45) is 0.0513. The van der Waals surface area contributed by atoms with Crippen LogP contribution in [0.2, 0.25) is 0 Å². The smallest absolute Gasteiger partial charge is 0.338 e. The highest BCUT2D eigenvalue weighted by atomic mass is 16.5. The summed E-state index contributed by atoms with van der Waals surface area (Å²) in [5, 5.41) is 2.85. The van der Waals surface area contributed by atoms with Crippen LogP contribution in [-0.4, -0.2) is 36.4 Å². The molecule has 0 radical (unpaired) electrons. The molecule has 0 saturated heterocycles. The maximum Gasteiger partial charge on any atom is 0.338 e. The van der Waals surface area contributed by atoms with Gasteiger partial charge >= 0.3 is 5.97 Å². The molecule has 34 heavy (non-hydrogen) atoms. The first-order valence-corrected chi connectivity index (χ1v) is 11.1. The van der Waals surface area contributed by atoms with Gasteiger partial charge in [-0.25, -0.2) is 4.79 Å². The van der Waals surface area contributed by atoms with Crippen LogP contribution in [0.5, 0.6) is 5.75 Å². The summed E-state index contributed by atoms with van der Waals surface area (Å²) in [6.45, 7) is 2.43. The van der Waals surface area contributed by atoms with Crippen molar-refractivity contribution in [3.8, 4) is 5.75 Å². The predicted octanol–water partition coefficient (Wildman–Crippen LogP) is 4.60. The van der Waals surface area contributed by atoms with E-state index in [1.165, 1.54) is 0 Å². The maximum absolute atomic E-state index is 13.2. The van der Waals surface area contributed by atoms with Crippen LogP contribution in [0, 0.1) is 0 Å². The highest BCUT2D eigenvalue weighted by Crippen LogP contribution is 2.34. The molecule has 1 N–H and O–H groups in total. The normalized spacial score (nSPS) is 13.2. The van der Waals surface area contributed by atoms with Crippen LogP contribution in [0.15, 0.2) is 72.8 Å². The van der Waals surface area contributed by atoms with Crippen LogP contribution in [0.3, 0.4) is 0 Å². The lowest BCUT2D eigenvalue weighted by atomic mass is 10.0. The number of ether oxygens (including phenoxy) is 2. The van der Waals surface area contributed by atoms with E-state index in [1.54, 1.807) is 43.2 Å². The number of hydrogen-bond donors (Lipinski definition) is 1. The van der Waals surface area contributed by atoms with Gasteiger partial charge in [-0.3, -0.25) is 9.59 Å². The fourth-order valence-electron chi connectivity index (χ4n) is 4.09. The number of hydrogen-bond acceptors (Lipinski definition) is 5. The molecule has 0 fully saturated rings. The molecule has 3 aromatic carbocycles. The maximum atomic E-state index is 13.2. The van der Waals surface area contributed by atoms with Crippen LogP contribution in [0.4, 0.5) is 5.69 Å². The molecule has 174 valence electrons. The fourth-order valence-corrected chi connectivity index (χ4v) is 4.09. The molecule has 0 saturated carbocycles. The minimum atomic E-state index is -0.473. The van der Waals surface area contributed by atoms with E-state index >= 15 is 0 Å². The Morgan fingerprint density at radius 3 is 2.50 bits per heavy atom. The number of carbonyl (C=O) groups excluding carboxylic acids is 3. The summed E-state index contributed by atoms with van der Waals surface area (Å²) >= 11 is 0. The van der Waals surface area contributed by atoms with Crippen LogP contribution in [-0.2, 0) is 16.1 Å². The standard InChI is InChI=1S/C27H26N2O5/c1-3-34-27(32)19-8-6-9-21(15-19)28-25(30)16-24(18-11-13-22(33-2)14-12-18)29-17-20-7-4-5-10-23(20)26(29)31/h4-15,24H,3,16-17H2,1-2H3,(H,28,30). The Morgan fingerprint density at radius 1 is 1.03 bits per heavy atom. The van der Waals surface area contributed by atoms with E-state index in [0.717, 1.165) is 11.1 Å². The molecule has 4 rings (SSSR count). The van der Waals surface area contributed by atoms with Gasteiger partial charge in [-0.15, -0.1) is 0 Å². The van der Waals surface area contributed by atoms with E-state index < -0.39 is 12.0 Å². The Balaban J connectivity index is 1.56. The SMILES string of the molecule is CCOC(=O)c1cccc(NC(=O)CC(c2ccc(OC)cc2)N2Cc3ccccc3C2=O)c1. The minimum Gasteiger partial charge on any atom is -0.497 e. The molecule has 0 aliphatic carbocycles. The first-order valence-electron chi connectivity index (χ1n) is 11.1. The lowest BCUT2D eigenvalue weighted by Gasteiger charge is -2.28. The van der Waals surface area contributed by atoms with Crippen molar-refractivity contribution in [1.29, 1.82) is 0 Å². The molecule has 1 aliphatic heterocycles. The van der Waals surface area contributed by atoms with Crippen molar-refractivity contribution in [3.05, 3.63) is 95.1 Å². The number of amides is 2. The third kappa shape index (κ3) is 4.93. The van der Waals surface area contributed by atoms with Crippen LogP contribution in [0.25, 0.3) is 0 Å². The second-order valence-corrected chi connectivity index (χ2v) is 7.93. The average Bonchev–Trinajstić information content (AvgIpc) is 3.19. The molecule has 2 amide bonds. The molecule has 0 spiro atoms. The summed E-state index contributed by atoms with van der Waals surface area (Å²) in [5.41, 5.74) is 3.27. The summed E-state index contributed by atoms with van der Waals surface area (Å²) < 4.78 is 10.3. The number of anilines is 1. The van der Waals surface area contributed by atoms with Crippen LogP contribution >= 0.6 is 0 Å². The number of nitrogens with one attached hydrogen (secondary N) is 1. The van der Waals surface area contributed by atoms with Gasteiger partial charge < -0.3 is 19.7 Å². The third-order valence-corrected chi connectivity index (χ3v) is 5.76. The third-order valence-electron chi connectivity index (χ3n) is 5.76. The molecule has 0 bridgehead atoms. The second kappa shape index (κ2) is 10.2. The quantitative estimate of drug-likeness (QED) is 0.499. The number of fused-ring (bicyclic) bond motifs is 1. The molecule has 7 nitrogen and oxygen atoms in total. The summed E-state index contributed by atoms with van der Waals surface area (Å²) in [6, 6.07) is 21.0. The molecular formula is C27H26N2O5. The topological polar surface area (TPSA) is 84.9 Å². The van der Waals surface area contributed by atoms with Crippen molar-refractivity contribution in [3.63, 3.8) is 0 Å². The molecule has 1 aliphatic rings. The van der Waals surface area contributed by atoms with Crippen LogP contribution < -0.4 is 10.1 Å². The van der Waals surface area contributed by atoms with Gasteiger partial charge in [-0.2, -0.15) is 0 Å². The van der Waals surface area contributed by atoms with E-state index in [4.69, 9.17) is 9.47 Å². The first kappa shape index (κ1) is 23.0. The number of carbonyl (C=O) groups is 3. The van der Waals surface area contributed by atoms with Crippen LogP contribution in [0.1, 0.15) is 51.2 Å². The van der Waals surface area contributed by atoms with Gasteiger partial charge in [0.2, 0.25) is 5.91 Å². The van der Waals surface area contributed by atoms with Gasteiger partial charge in [-0.05, 0) is 54.4 Å². The zero-order valence-corrected chi connectivity index (χ0v) is 19.1. The van der Waals surface area contributed by atoms with Gasteiger partial charge in [0, 0.05) is 17.8 Å². The van der Waals surface area contributed by atoms with Crippen molar-refractivity contribution in [1.82, 2.24) is 4.90 Å². The Hall–Kier alpha value is -4.13. The molecule has 7 heteroatoms. The molecule has 1 atom stereocenters. The van der Waals surface area contributed by atoms with E-state index in [0.29, 0.717) is 29.1 Å². The number of nitrogens with zero attached hydrogens (tertiary/aromatic N) is 1. The van der Waals surface area contributed by atoms with E-state index in [2.05, 4.69) is 5.32 Å². The van der Waals surface area contributed by atoms with Crippen molar-refractivity contribution in [2.45, 2.75) is 25.9 Å². The Bertz CT molecular complexity index is 1210. The van der Waals surface area contributed by atoms with Crippen molar-refractivity contribution in [2.75, 3.05) is 19.0 Å². The summed E-state index contributed by atoms with van der Waals surface area (Å²) in [7, 11) is 1.59. The minimum absolute atomic E-state index is 0.0513. The molecule has 1 unspecified atom stereocenters. The van der Waals surface area contributed by atoms with E-state index in [9.17, 15) is 14.4 Å². The van der Waals surface area contributed by atoms with Gasteiger partial charge in [0.15, 0.2) is 0 Å². The van der Waals surface area contributed by atoms with Gasteiger partial charge in [-0.1, -0.05) is 36.4 Å². The van der Waals surface area contributed by atoms with Gasteiger partial charge in [0.25, 0.3) is 5.91 Å². The highest BCUT2D eigenvalue weighted by molar-refractivity contribution is 5.99. The fraction of sp³-hybridized carbons (Fsp3) is 0.222. The zero-order valence-electron chi connectivity index (χ0n) is 19.1. The van der Waals surface area contributed by atoms with Gasteiger partial charge in [0.05, 0.1) is 31.7 Å². The lowest BCUT2D eigenvalue weighted by molar-refractivity contribution is -0.117. The Morgan fingerprint density at radius 2 is 1.79 bits per heavy atom. The number of benzene rings is 3. The first-order chi connectivity index (χ1) is 16.5. The molecule has 3 aromatic rings. The summed E-state index contributed by atoms with van der Waals surface area (Å²) in [5.74, 6) is -0.131. The molecular weight excluding hydrogens is 432 g/mol. The summed E-state index contributed by atoms with van der Waals surface area (Å²) in [4.78, 5) is 40.0. The van der Waals surface area contributed by atoms with Crippen molar-refractivity contribution < 1.29 is 23.9 Å². The lowest BCUT2D eigenvalue weighted by Crippen LogP contribution is -2.32. The highest BCUT2D eigenvalue weighted by Gasteiger charge is 2.34. The van der Waals surface area contributed by atoms with E-state index in [-0.39, 0.29) is 24.8 Å². The van der Waals surface area contributed by atoms with E-state index in [1.807, 2.05) is 48.5 Å². The number of methoxy groups -OCH3 is 1. The predicted molar refractivity (Wildman–Crippen MR) is 128 cm³/mol. The molecule has 0 aromatic heterocycles. The van der Waals surface area contributed by atoms with Crippen molar-refractivity contribution in [2.24, 2.45) is 0 Å². The largest absolute Gasteiger partial charge is 0.497 e. The number of rotatable bonds is 8. The molecule has 1 heterocycles. The number of esters is 1. The Kier molecular flexibility index (Phi) is 6.92. The van der Waals surface area contributed by atoms with Gasteiger partial charge in [0.1, 0.15) is 5.75 Å². The average molecular weight is 459 g/mol. The monoisotopic (exact) mass is 458 g/mol.